The van der Waals surface area contributed by atoms with E-state index in [1.807, 2.05) is 0 Å². The molecule has 0 unspecified atom stereocenters. The molecule has 3 rings (SSSR count). The maximum absolute atomic E-state index is 5.51. The van der Waals surface area contributed by atoms with Crippen LogP contribution in [0.15, 0.2) is 34.9 Å². The molecule has 1 aliphatic heterocycles. The molecular weight excluding hydrogens is 278 g/mol. The molecule has 0 spiro atoms. The Kier molecular flexibility index (Phi) is 5.19. The second kappa shape index (κ2) is 7.51. The molecule has 1 aliphatic rings. The van der Waals surface area contributed by atoms with Crippen LogP contribution in [0.3, 0.4) is 0 Å². The van der Waals surface area contributed by atoms with Crippen LogP contribution < -0.4 is 0 Å². The van der Waals surface area contributed by atoms with Gasteiger partial charge in [0.25, 0.3) is 0 Å². The molecule has 1 saturated heterocycles. The first kappa shape index (κ1) is 15.2. The zero-order chi connectivity index (χ0) is 15.2. The van der Waals surface area contributed by atoms with Gasteiger partial charge in [-0.15, -0.1) is 0 Å². The normalized spacial score (nSPS) is 19.4. The van der Waals surface area contributed by atoms with Crippen molar-refractivity contribution in [2.24, 2.45) is 0 Å². The molecule has 5 heteroatoms. The third-order valence-electron chi connectivity index (χ3n) is 4.14. The number of hydrogen-bond donors (Lipinski definition) is 0. The first-order chi connectivity index (χ1) is 10.9. The molecule has 1 aromatic heterocycles. The van der Waals surface area contributed by atoms with Crippen LogP contribution in [-0.2, 0) is 17.7 Å². The molecule has 1 atom stereocenters. The fourth-order valence-corrected chi connectivity index (χ4v) is 2.98. The van der Waals surface area contributed by atoms with Crippen LogP contribution in [0, 0.1) is 0 Å². The van der Waals surface area contributed by atoms with Gasteiger partial charge in [0.2, 0.25) is 5.89 Å². The number of likely N-dealkylation sites (tertiary alicyclic amines) is 1. The molecule has 1 aromatic carbocycles. The summed E-state index contributed by atoms with van der Waals surface area (Å²) >= 11 is 0. The summed E-state index contributed by atoms with van der Waals surface area (Å²) in [6.45, 7) is 2.63. The van der Waals surface area contributed by atoms with Crippen molar-refractivity contribution in [3.8, 4) is 0 Å². The van der Waals surface area contributed by atoms with E-state index in [2.05, 4.69) is 45.4 Å². The van der Waals surface area contributed by atoms with Gasteiger partial charge in [-0.1, -0.05) is 41.9 Å². The molecule has 2 heterocycles. The summed E-state index contributed by atoms with van der Waals surface area (Å²) in [4.78, 5) is 7.01. The van der Waals surface area contributed by atoms with E-state index in [9.17, 15) is 0 Å². The molecule has 0 N–H and O–H groups in total. The number of piperidine rings is 1. The van der Waals surface area contributed by atoms with Crippen molar-refractivity contribution in [3.63, 3.8) is 0 Å². The van der Waals surface area contributed by atoms with E-state index in [-0.39, 0.29) is 6.04 Å². The summed E-state index contributed by atoms with van der Waals surface area (Å²) in [5, 5.41) is 4.08. The lowest BCUT2D eigenvalue weighted by atomic mass is 10.0. The average molecular weight is 301 g/mol. The highest BCUT2D eigenvalue weighted by Crippen LogP contribution is 2.31. The highest BCUT2D eigenvalue weighted by atomic mass is 16.5. The molecular formula is C17H23N3O2. The van der Waals surface area contributed by atoms with Crippen LogP contribution >= 0.6 is 0 Å². The van der Waals surface area contributed by atoms with E-state index in [4.69, 9.17) is 9.26 Å². The number of aromatic nitrogens is 2. The van der Waals surface area contributed by atoms with Crippen molar-refractivity contribution >= 4 is 0 Å². The van der Waals surface area contributed by atoms with Crippen molar-refractivity contribution in [1.82, 2.24) is 15.0 Å². The van der Waals surface area contributed by atoms with Crippen LogP contribution in [0.4, 0.5) is 0 Å². The number of hydrogen-bond acceptors (Lipinski definition) is 5. The van der Waals surface area contributed by atoms with E-state index in [0.29, 0.717) is 13.0 Å². The average Bonchev–Trinajstić information content (AvgIpc) is 3.03. The van der Waals surface area contributed by atoms with Crippen molar-refractivity contribution in [2.45, 2.75) is 38.3 Å². The molecule has 22 heavy (non-hydrogen) atoms. The third-order valence-corrected chi connectivity index (χ3v) is 4.14. The number of rotatable bonds is 6. The van der Waals surface area contributed by atoms with Crippen LogP contribution in [0.2, 0.25) is 0 Å². The van der Waals surface area contributed by atoms with Gasteiger partial charge in [-0.05, 0) is 24.9 Å². The van der Waals surface area contributed by atoms with E-state index < -0.39 is 0 Å². The quantitative estimate of drug-likeness (QED) is 0.821. The minimum atomic E-state index is 0.234. The Bertz CT molecular complexity index is 570. The van der Waals surface area contributed by atoms with Gasteiger partial charge in [0.05, 0.1) is 12.6 Å². The molecule has 1 fully saturated rings. The van der Waals surface area contributed by atoms with Crippen LogP contribution in [0.5, 0.6) is 0 Å². The first-order valence-corrected chi connectivity index (χ1v) is 7.96. The van der Waals surface area contributed by atoms with E-state index in [1.165, 1.54) is 18.4 Å². The highest BCUT2D eigenvalue weighted by Gasteiger charge is 2.28. The minimum absolute atomic E-state index is 0.234. The van der Waals surface area contributed by atoms with Crippen molar-refractivity contribution in [3.05, 3.63) is 47.6 Å². The fourth-order valence-electron chi connectivity index (χ4n) is 2.98. The number of nitrogens with zero attached hydrogens (tertiary/aromatic N) is 3. The Hall–Kier alpha value is -1.72. The summed E-state index contributed by atoms with van der Waals surface area (Å²) < 4.78 is 10.6. The lowest BCUT2D eigenvalue weighted by molar-refractivity contribution is 0.111. The number of methoxy groups -OCH3 is 1. The monoisotopic (exact) mass is 301 g/mol. The smallest absolute Gasteiger partial charge is 0.244 e. The van der Waals surface area contributed by atoms with Gasteiger partial charge in [0, 0.05) is 20.1 Å². The van der Waals surface area contributed by atoms with Crippen molar-refractivity contribution < 1.29 is 9.26 Å². The standard InChI is InChI=1S/C17H23N3O2/c1-21-12-10-16-18-17(22-19-16)15-9-5-6-11-20(15)13-14-7-3-2-4-8-14/h2-4,7-8,15H,5-6,9-13H2,1H3/t15-/m0/s1. The molecule has 5 nitrogen and oxygen atoms in total. The summed E-state index contributed by atoms with van der Waals surface area (Å²) in [5.74, 6) is 1.49. The van der Waals surface area contributed by atoms with Gasteiger partial charge in [0.15, 0.2) is 5.82 Å². The Morgan fingerprint density at radius 1 is 1.27 bits per heavy atom. The topological polar surface area (TPSA) is 51.4 Å². The van der Waals surface area contributed by atoms with Crippen LogP contribution in [-0.4, -0.2) is 35.3 Å². The van der Waals surface area contributed by atoms with Gasteiger partial charge < -0.3 is 9.26 Å². The summed E-state index contributed by atoms with van der Waals surface area (Å²) in [6.07, 6.45) is 4.23. The Balaban J connectivity index is 1.70. The molecule has 0 amide bonds. The van der Waals surface area contributed by atoms with Gasteiger partial charge >= 0.3 is 0 Å². The highest BCUT2D eigenvalue weighted by molar-refractivity contribution is 5.15. The third kappa shape index (κ3) is 3.72. The lowest BCUT2D eigenvalue weighted by Crippen LogP contribution is -2.33. The molecule has 2 aromatic rings. The van der Waals surface area contributed by atoms with Gasteiger partial charge in [0.1, 0.15) is 0 Å². The summed E-state index contributed by atoms with van der Waals surface area (Å²) in [6, 6.07) is 10.8. The van der Waals surface area contributed by atoms with Crippen LogP contribution in [0.1, 0.15) is 42.6 Å². The van der Waals surface area contributed by atoms with E-state index >= 15 is 0 Å². The predicted molar refractivity (Wildman–Crippen MR) is 83.3 cm³/mol. The van der Waals surface area contributed by atoms with E-state index in [0.717, 1.165) is 31.2 Å². The van der Waals surface area contributed by atoms with Crippen molar-refractivity contribution in [2.75, 3.05) is 20.3 Å². The Morgan fingerprint density at radius 2 is 2.14 bits per heavy atom. The largest absolute Gasteiger partial charge is 0.384 e. The molecule has 0 aliphatic carbocycles. The molecule has 118 valence electrons. The van der Waals surface area contributed by atoms with Gasteiger partial charge in [-0.25, -0.2) is 0 Å². The molecule has 0 bridgehead atoms. The minimum Gasteiger partial charge on any atom is -0.384 e. The predicted octanol–water partition coefficient (Wildman–Crippen LogP) is 2.99. The maximum atomic E-state index is 5.51. The zero-order valence-electron chi connectivity index (χ0n) is 13.1. The maximum Gasteiger partial charge on any atom is 0.244 e. The second-order valence-electron chi connectivity index (χ2n) is 5.76. The molecule has 0 radical (unpaired) electrons. The van der Waals surface area contributed by atoms with Gasteiger partial charge in [-0.3, -0.25) is 4.90 Å². The van der Waals surface area contributed by atoms with Crippen molar-refractivity contribution in [1.29, 1.82) is 0 Å². The number of ether oxygens (including phenoxy) is 1. The fraction of sp³-hybridized carbons (Fsp3) is 0.529. The zero-order valence-corrected chi connectivity index (χ0v) is 13.1. The molecule has 0 saturated carbocycles. The van der Waals surface area contributed by atoms with E-state index in [1.54, 1.807) is 7.11 Å². The summed E-state index contributed by atoms with van der Waals surface area (Å²) in [5.41, 5.74) is 1.33. The number of benzene rings is 1. The summed E-state index contributed by atoms with van der Waals surface area (Å²) in [7, 11) is 1.68. The van der Waals surface area contributed by atoms with Crippen LogP contribution in [0.25, 0.3) is 0 Å². The Morgan fingerprint density at radius 3 is 2.95 bits per heavy atom. The first-order valence-electron chi connectivity index (χ1n) is 7.96. The Labute approximate surface area is 131 Å². The lowest BCUT2D eigenvalue weighted by Gasteiger charge is -2.33. The van der Waals surface area contributed by atoms with Gasteiger partial charge in [-0.2, -0.15) is 4.98 Å². The second-order valence-corrected chi connectivity index (χ2v) is 5.76. The SMILES string of the molecule is COCCc1noc([C@@H]2CCCCN2Cc2ccccc2)n1.